The third-order valence-electron chi connectivity index (χ3n) is 5.65. The van der Waals surface area contributed by atoms with Crippen molar-refractivity contribution >= 4 is 31.9 Å². The zero-order valence-electron chi connectivity index (χ0n) is 16.5. The van der Waals surface area contributed by atoms with E-state index in [9.17, 15) is 13.5 Å². The largest absolute Gasteiger partial charge is 0.385 e. The first kappa shape index (κ1) is 19.2. The van der Waals surface area contributed by atoms with E-state index in [4.69, 9.17) is 0 Å². The molecular formula is C21H23N5O3S. The molecule has 0 saturated carbocycles. The molecule has 1 fully saturated rings. The third-order valence-corrected chi connectivity index (χ3v) is 7.34. The molecule has 1 aromatic carbocycles. The number of rotatable bonds is 4. The van der Waals surface area contributed by atoms with Crippen molar-refractivity contribution in [2.24, 2.45) is 0 Å². The molecule has 8 nitrogen and oxygen atoms in total. The number of nitrogens with zero attached hydrogens (tertiary/aromatic N) is 3. The molecule has 4 aromatic rings. The number of aliphatic hydroxyl groups is 1. The molecule has 3 N–H and O–H groups in total. The summed E-state index contributed by atoms with van der Waals surface area (Å²) in [6.45, 7) is 3.34. The van der Waals surface area contributed by atoms with Gasteiger partial charge in [0.25, 0.3) is 0 Å². The van der Waals surface area contributed by atoms with E-state index in [2.05, 4.69) is 20.3 Å². The van der Waals surface area contributed by atoms with Crippen molar-refractivity contribution < 1.29 is 13.5 Å². The molecule has 1 aliphatic heterocycles. The molecule has 0 amide bonds. The Morgan fingerprint density at radius 2 is 2.00 bits per heavy atom. The van der Waals surface area contributed by atoms with Crippen LogP contribution in [0, 0.1) is 0 Å². The van der Waals surface area contributed by atoms with Crippen molar-refractivity contribution in [1.82, 2.24) is 24.8 Å². The first-order valence-electron chi connectivity index (χ1n) is 10.1. The molecule has 2 atom stereocenters. The Morgan fingerprint density at radius 3 is 2.70 bits per heavy atom. The quantitative estimate of drug-likeness (QED) is 0.463. The molecule has 1 saturated heterocycles. The minimum absolute atomic E-state index is 0.0705. The number of hydrogen-bond acceptors (Lipinski definition) is 6. The van der Waals surface area contributed by atoms with Gasteiger partial charge in [0.1, 0.15) is 23.1 Å². The van der Waals surface area contributed by atoms with E-state index in [1.807, 2.05) is 10.6 Å². The summed E-state index contributed by atoms with van der Waals surface area (Å²) in [6.07, 6.45) is 2.82. The van der Waals surface area contributed by atoms with E-state index in [0.717, 1.165) is 31.3 Å². The van der Waals surface area contributed by atoms with E-state index in [0.29, 0.717) is 22.5 Å². The van der Waals surface area contributed by atoms with Crippen LogP contribution in [0.3, 0.4) is 0 Å². The number of fused-ring (bicyclic) bond motifs is 3. The number of pyridine rings is 1. The highest BCUT2D eigenvalue weighted by Gasteiger charge is 2.31. The van der Waals surface area contributed by atoms with Crippen LogP contribution >= 0.6 is 0 Å². The van der Waals surface area contributed by atoms with Gasteiger partial charge in [0.2, 0.25) is 9.84 Å². The standard InChI is InChI=1S/C21H23N5O3S/c1-13(27)20-24-17-18(26(20)14-6-5-10-22-12-14)16-9-11-23-19(16)25-21(17)30(28,29)15-7-3-2-4-8-15/h2-4,7-9,11,13-14,22,27H,5-6,10,12H2,1H3,(H,23,25)/t13-,14?/m1/s1. The summed E-state index contributed by atoms with van der Waals surface area (Å²) in [6, 6.07) is 10.2. The van der Waals surface area contributed by atoms with Crippen molar-refractivity contribution in [3.63, 3.8) is 0 Å². The molecule has 3 aromatic heterocycles. The van der Waals surface area contributed by atoms with Gasteiger partial charge in [0, 0.05) is 24.2 Å². The summed E-state index contributed by atoms with van der Waals surface area (Å²) in [5, 5.41) is 14.6. The van der Waals surface area contributed by atoms with Crippen LogP contribution in [0.1, 0.15) is 37.7 Å². The molecule has 0 bridgehead atoms. The second-order valence-corrected chi connectivity index (χ2v) is 9.55. The van der Waals surface area contributed by atoms with Gasteiger partial charge in [-0.3, -0.25) is 0 Å². The van der Waals surface area contributed by atoms with Crippen molar-refractivity contribution in [2.45, 2.75) is 41.8 Å². The number of H-pyrrole nitrogens is 1. The van der Waals surface area contributed by atoms with Crippen LogP contribution in [0.5, 0.6) is 0 Å². The van der Waals surface area contributed by atoms with Crippen LogP contribution in [-0.2, 0) is 9.84 Å². The number of benzene rings is 1. The molecule has 4 heterocycles. The fourth-order valence-corrected chi connectivity index (χ4v) is 5.62. The summed E-state index contributed by atoms with van der Waals surface area (Å²) in [5.41, 5.74) is 1.48. The van der Waals surface area contributed by atoms with Gasteiger partial charge in [0.05, 0.1) is 10.4 Å². The second-order valence-electron chi connectivity index (χ2n) is 7.69. The SMILES string of the molecule is C[C@@H](O)c1nc2c(S(=O)(=O)c3ccccc3)nc3[nH]ccc3c2n1C1CCCNC1. The molecule has 5 rings (SSSR count). The minimum atomic E-state index is -3.90. The molecule has 9 heteroatoms. The Hall–Kier alpha value is -2.75. The Morgan fingerprint density at radius 1 is 1.20 bits per heavy atom. The Balaban J connectivity index is 1.87. The number of hydrogen-bond donors (Lipinski definition) is 3. The van der Waals surface area contributed by atoms with Crippen molar-refractivity contribution in [3.05, 3.63) is 48.4 Å². The lowest BCUT2D eigenvalue weighted by Crippen LogP contribution is -2.32. The fraction of sp³-hybridized carbons (Fsp3) is 0.333. The van der Waals surface area contributed by atoms with Gasteiger partial charge < -0.3 is 20.0 Å². The number of aliphatic hydroxyl groups excluding tert-OH is 1. The lowest BCUT2D eigenvalue weighted by molar-refractivity contribution is 0.179. The van der Waals surface area contributed by atoms with E-state index in [1.165, 1.54) is 0 Å². The van der Waals surface area contributed by atoms with Crippen molar-refractivity contribution in [1.29, 1.82) is 0 Å². The molecule has 0 aliphatic carbocycles. The van der Waals surface area contributed by atoms with Gasteiger partial charge in [-0.1, -0.05) is 18.2 Å². The lowest BCUT2D eigenvalue weighted by atomic mass is 10.1. The predicted octanol–water partition coefficient (Wildman–Crippen LogP) is 2.72. The number of piperidine rings is 1. The highest BCUT2D eigenvalue weighted by molar-refractivity contribution is 7.91. The molecule has 156 valence electrons. The number of aromatic amines is 1. The normalized spacial score (nSPS) is 18.8. The van der Waals surface area contributed by atoms with Crippen LogP contribution in [0.25, 0.3) is 22.1 Å². The van der Waals surface area contributed by atoms with Crippen LogP contribution in [0.15, 0.2) is 52.5 Å². The van der Waals surface area contributed by atoms with Gasteiger partial charge >= 0.3 is 0 Å². The maximum Gasteiger partial charge on any atom is 0.226 e. The fourth-order valence-electron chi connectivity index (χ4n) is 4.27. The van der Waals surface area contributed by atoms with Gasteiger partial charge in [-0.2, -0.15) is 0 Å². The monoisotopic (exact) mass is 425 g/mol. The van der Waals surface area contributed by atoms with Gasteiger partial charge in [0.15, 0.2) is 5.03 Å². The third kappa shape index (κ3) is 2.92. The van der Waals surface area contributed by atoms with E-state index >= 15 is 0 Å². The predicted molar refractivity (Wildman–Crippen MR) is 113 cm³/mol. The zero-order chi connectivity index (χ0) is 20.9. The van der Waals surface area contributed by atoms with E-state index in [1.54, 1.807) is 43.5 Å². The minimum Gasteiger partial charge on any atom is -0.385 e. The van der Waals surface area contributed by atoms with Crippen LogP contribution in [0.4, 0.5) is 0 Å². The number of sulfone groups is 1. The average molecular weight is 426 g/mol. The summed E-state index contributed by atoms with van der Waals surface area (Å²) in [4.78, 5) is 12.3. The topological polar surface area (TPSA) is 113 Å². The smallest absolute Gasteiger partial charge is 0.226 e. The summed E-state index contributed by atoms with van der Waals surface area (Å²) in [5.74, 6) is 0.457. The maximum absolute atomic E-state index is 13.5. The summed E-state index contributed by atoms with van der Waals surface area (Å²) < 4.78 is 29.0. The maximum atomic E-state index is 13.5. The molecule has 0 radical (unpaired) electrons. The van der Waals surface area contributed by atoms with Gasteiger partial charge in [-0.05, 0) is 44.5 Å². The Bertz CT molecular complexity index is 1320. The number of aromatic nitrogens is 4. The molecule has 1 aliphatic rings. The lowest BCUT2D eigenvalue weighted by Gasteiger charge is -2.27. The van der Waals surface area contributed by atoms with E-state index in [-0.39, 0.29) is 16.0 Å². The molecular weight excluding hydrogens is 402 g/mol. The first-order valence-corrected chi connectivity index (χ1v) is 11.5. The van der Waals surface area contributed by atoms with Gasteiger partial charge in [-0.15, -0.1) is 0 Å². The second kappa shape index (κ2) is 7.19. The number of imidazole rings is 1. The van der Waals surface area contributed by atoms with Crippen LogP contribution in [0.2, 0.25) is 0 Å². The van der Waals surface area contributed by atoms with Crippen molar-refractivity contribution in [2.75, 3.05) is 13.1 Å². The molecule has 30 heavy (non-hydrogen) atoms. The Kier molecular flexibility index (Phi) is 4.61. The highest BCUT2D eigenvalue weighted by Crippen LogP contribution is 2.36. The average Bonchev–Trinajstić information content (AvgIpc) is 3.38. The van der Waals surface area contributed by atoms with Crippen LogP contribution < -0.4 is 5.32 Å². The first-order chi connectivity index (χ1) is 14.5. The van der Waals surface area contributed by atoms with Crippen LogP contribution in [-0.4, -0.2) is 46.1 Å². The summed E-state index contributed by atoms with van der Waals surface area (Å²) in [7, 11) is -3.90. The summed E-state index contributed by atoms with van der Waals surface area (Å²) >= 11 is 0. The Labute approximate surface area is 173 Å². The van der Waals surface area contributed by atoms with Gasteiger partial charge in [-0.25, -0.2) is 18.4 Å². The molecule has 0 spiro atoms. The zero-order valence-corrected chi connectivity index (χ0v) is 17.4. The highest BCUT2D eigenvalue weighted by atomic mass is 32.2. The number of nitrogens with one attached hydrogen (secondary N) is 2. The van der Waals surface area contributed by atoms with Crippen molar-refractivity contribution in [3.8, 4) is 0 Å². The molecule has 1 unspecified atom stereocenters. The van der Waals surface area contributed by atoms with E-state index < -0.39 is 15.9 Å².